The van der Waals surface area contributed by atoms with E-state index in [0.29, 0.717) is 11.5 Å². The average molecular weight is 284 g/mol. The van der Waals surface area contributed by atoms with Gasteiger partial charge in [-0.25, -0.2) is 0 Å². The van der Waals surface area contributed by atoms with Gasteiger partial charge in [-0.15, -0.1) is 5.10 Å². The fourth-order valence-electron chi connectivity index (χ4n) is 1.63. The van der Waals surface area contributed by atoms with Gasteiger partial charge in [0.25, 0.3) is 0 Å². The molecule has 0 atom stereocenters. The number of para-hydroxylation sites is 1. The van der Waals surface area contributed by atoms with Gasteiger partial charge in [-0.05, 0) is 24.3 Å². The summed E-state index contributed by atoms with van der Waals surface area (Å²) >= 11 is 0. The number of ether oxygens (including phenoxy) is 2. The standard InChI is InChI=1S/C15H16N4O2/c1-20-12-6-4-7-13(9-12)21-14-8-3-2-5-11(14)10-18-19-15(16)17/h2-10H,1H3,(H4,16,17,19). The SMILES string of the molecule is COc1cccc(Oc2ccccc2C=NN=C(N)N)c1. The molecule has 21 heavy (non-hydrogen) atoms. The van der Waals surface area contributed by atoms with E-state index >= 15 is 0 Å². The molecular formula is C15H16N4O2. The molecule has 0 heterocycles. The van der Waals surface area contributed by atoms with Crippen molar-refractivity contribution in [2.75, 3.05) is 7.11 Å². The molecule has 0 bridgehead atoms. The van der Waals surface area contributed by atoms with Gasteiger partial charge in [0.05, 0.1) is 13.3 Å². The lowest BCUT2D eigenvalue weighted by Crippen LogP contribution is -2.21. The second-order valence-electron chi connectivity index (χ2n) is 4.09. The molecule has 108 valence electrons. The highest BCUT2D eigenvalue weighted by molar-refractivity contribution is 5.84. The molecule has 2 aromatic rings. The highest BCUT2D eigenvalue weighted by Crippen LogP contribution is 2.27. The Labute approximate surface area is 122 Å². The Morgan fingerprint density at radius 3 is 2.57 bits per heavy atom. The molecule has 0 aliphatic rings. The summed E-state index contributed by atoms with van der Waals surface area (Å²) in [5, 5.41) is 7.35. The Hall–Kier alpha value is -3.02. The van der Waals surface area contributed by atoms with Crippen molar-refractivity contribution in [3.8, 4) is 17.2 Å². The summed E-state index contributed by atoms with van der Waals surface area (Å²) in [6.07, 6.45) is 1.52. The van der Waals surface area contributed by atoms with Crippen LogP contribution in [0.2, 0.25) is 0 Å². The summed E-state index contributed by atoms with van der Waals surface area (Å²) in [6.45, 7) is 0. The Bertz CT molecular complexity index is 664. The van der Waals surface area contributed by atoms with Crippen molar-refractivity contribution >= 4 is 12.2 Å². The Morgan fingerprint density at radius 2 is 1.81 bits per heavy atom. The molecule has 6 nitrogen and oxygen atoms in total. The summed E-state index contributed by atoms with van der Waals surface area (Å²) in [4.78, 5) is 0. The van der Waals surface area contributed by atoms with Gasteiger partial charge in [0, 0.05) is 11.6 Å². The van der Waals surface area contributed by atoms with E-state index in [0.717, 1.165) is 11.3 Å². The van der Waals surface area contributed by atoms with E-state index in [4.69, 9.17) is 20.9 Å². The zero-order valence-electron chi connectivity index (χ0n) is 11.6. The van der Waals surface area contributed by atoms with Gasteiger partial charge in [0.15, 0.2) is 0 Å². The van der Waals surface area contributed by atoms with Gasteiger partial charge in [0.2, 0.25) is 5.96 Å². The highest BCUT2D eigenvalue weighted by atomic mass is 16.5. The van der Waals surface area contributed by atoms with Crippen LogP contribution in [0.3, 0.4) is 0 Å². The maximum atomic E-state index is 5.83. The number of rotatable bonds is 5. The first-order valence-electron chi connectivity index (χ1n) is 6.22. The maximum absolute atomic E-state index is 5.83. The predicted molar refractivity (Wildman–Crippen MR) is 82.9 cm³/mol. The van der Waals surface area contributed by atoms with Crippen molar-refractivity contribution in [1.82, 2.24) is 0 Å². The second-order valence-corrected chi connectivity index (χ2v) is 4.09. The minimum absolute atomic E-state index is 0.0996. The van der Waals surface area contributed by atoms with E-state index in [9.17, 15) is 0 Å². The topological polar surface area (TPSA) is 95.2 Å². The van der Waals surface area contributed by atoms with Crippen LogP contribution in [0.1, 0.15) is 5.56 Å². The predicted octanol–water partition coefficient (Wildman–Crippen LogP) is 2.09. The third-order valence-corrected chi connectivity index (χ3v) is 2.56. The molecular weight excluding hydrogens is 268 g/mol. The van der Waals surface area contributed by atoms with Gasteiger partial charge in [-0.3, -0.25) is 0 Å². The molecule has 0 saturated carbocycles. The van der Waals surface area contributed by atoms with Crippen LogP contribution in [-0.2, 0) is 0 Å². The molecule has 6 heteroatoms. The smallest absolute Gasteiger partial charge is 0.211 e. The van der Waals surface area contributed by atoms with E-state index in [1.807, 2.05) is 42.5 Å². The van der Waals surface area contributed by atoms with Crippen LogP contribution < -0.4 is 20.9 Å². The molecule has 0 fully saturated rings. The lowest BCUT2D eigenvalue weighted by molar-refractivity contribution is 0.409. The summed E-state index contributed by atoms with van der Waals surface area (Å²) in [7, 11) is 1.61. The van der Waals surface area contributed by atoms with Crippen LogP contribution in [0, 0.1) is 0 Å². The van der Waals surface area contributed by atoms with Gasteiger partial charge in [0.1, 0.15) is 17.2 Å². The fourth-order valence-corrected chi connectivity index (χ4v) is 1.63. The van der Waals surface area contributed by atoms with Gasteiger partial charge in [-0.1, -0.05) is 18.2 Å². The van der Waals surface area contributed by atoms with E-state index in [2.05, 4.69) is 10.2 Å². The minimum Gasteiger partial charge on any atom is -0.497 e. The van der Waals surface area contributed by atoms with Crippen LogP contribution in [0.15, 0.2) is 58.7 Å². The van der Waals surface area contributed by atoms with Crippen LogP contribution >= 0.6 is 0 Å². The number of methoxy groups -OCH3 is 1. The Morgan fingerprint density at radius 1 is 1.05 bits per heavy atom. The maximum Gasteiger partial charge on any atom is 0.211 e. The lowest BCUT2D eigenvalue weighted by Gasteiger charge is -2.09. The number of hydrogen-bond acceptors (Lipinski definition) is 4. The zero-order chi connectivity index (χ0) is 15.1. The van der Waals surface area contributed by atoms with Gasteiger partial charge in [-0.2, -0.15) is 5.10 Å². The number of hydrogen-bond donors (Lipinski definition) is 2. The molecule has 2 aromatic carbocycles. The van der Waals surface area contributed by atoms with Crippen LogP contribution in [0.25, 0.3) is 0 Å². The first-order valence-corrected chi connectivity index (χ1v) is 6.22. The number of nitrogens with zero attached hydrogens (tertiary/aromatic N) is 2. The van der Waals surface area contributed by atoms with Crippen LogP contribution in [0.4, 0.5) is 0 Å². The normalized spacial score (nSPS) is 10.3. The average Bonchev–Trinajstić information content (AvgIpc) is 2.49. The molecule has 4 N–H and O–H groups in total. The van der Waals surface area contributed by atoms with E-state index in [1.54, 1.807) is 13.2 Å². The Kier molecular flexibility index (Phi) is 4.76. The minimum atomic E-state index is -0.0996. The van der Waals surface area contributed by atoms with Crippen molar-refractivity contribution in [2.45, 2.75) is 0 Å². The largest absolute Gasteiger partial charge is 0.497 e. The second kappa shape index (κ2) is 6.95. The molecule has 0 spiro atoms. The van der Waals surface area contributed by atoms with Crippen LogP contribution in [-0.4, -0.2) is 19.3 Å². The van der Waals surface area contributed by atoms with E-state index in [-0.39, 0.29) is 5.96 Å². The summed E-state index contributed by atoms with van der Waals surface area (Å²) in [5.74, 6) is 1.92. The van der Waals surface area contributed by atoms with Crippen LogP contribution in [0.5, 0.6) is 17.2 Å². The number of benzene rings is 2. The quantitative estimate of drug-likeness (QED) is 0.499. The van der Waals surface area contributed by atoms with Crippen molar-refractivity contribution in [1.29, 1.82) is 0 Å². The highest BCUT2D eigenvalue weighted by Gasteiger charge is 2.03. The fraction of sp³-hybridized carbons (Fsp3) is 0.0667. The third-order valence-electron chi connectivity index (χ3n) is 2.56. The van der Waals surface area contributed by atoms with E-state index < -0.39 is 0 Å². The van der Waals surface area contributed by atoms with E-state index in [1.165, 1.54) is 6.21 Å². The molecule has 2 rings (SSSR count). The van der Waals surface area contributed by atoms with Gasteiger partial charge >= 0.3 is 0 Å². The summed E-state index contributed by atoms with van der Waals surface area (Å²) < 4.78 is 11.0. The lowest BCUT2D eigenvalue weighted by atomic mass is 10.2. The molecule has 0 amide bonds. The summed E-state index contributed by atoms with van der Waals surface area (Å²) in [6, 6.07) is 14.7. The van der Waals surface area contributed by atoms with Crippen molar-refractivity contribution < 1.29 is 9.47 Å². The third kappa shape index (κ3) is 4.24. The van der Waals surface area contributed by atoms with Gasteiger partial charge < -0.3 is 20.9 Å². The molecule has 0 unspecified atom stereocenters. The molecule has 0 radical (unpaired) electrons. The Balaban J connectivity index is 2.23. The first kappa shape index (κ1) is 14.4. The number of guanidine groups is 1. The molecule has 0 saturated heterocycles. The monoisotopic (exact) mass is 284 g/mol. The molecule has 0 aliphatic carbocycles. The van der Waals surface area contributed by atoms with Crippen molar-refractivity contribution in [3.63, 3.8) is 0 Å². The van der Waals surface area contributed by atoms with Crippen molar-refractivity contribution in [3.05, 3.63) is 54.1 Å². The first-order chi connectivity index (χ1) is 10.2. The number of nitrogens with two attached hydrogens (primary N) is 2. The molecule has 0 aliphatic heterocycles. The summed E-state index contributed by atoms with van der Waals surface area (Å²) in [5.41, 5.74) is 11.2. The zero-order valence-corrected chi connectivity index (χ0v) is 11.6. The molecule has 0 aromatic heterocycles. The van der Waals surface area contributed by atoms with Crippen molar-refractivity contribution in [2.24, 2.45) is 21.7 Å².